The van der Waals surface area contributed by atoms with Crippen LogP contribution in [-0.2, 0) is 0 Å². The van der Waals surface area contributed by atoms with Crippen LogP contribution in [0.2, 0.25) is 0 Å². The van der Waals surface area contributed by atoms with E-state index in [0.29, 0.717) is 22.5 Å². The summed E-state index contributed by atoms with van der Waals surface area (Å²) >= 11 is 0. The van der Waals surface area contributed by atoms with Gasteiger partial charge in [0.05, 0.1) is 24.2 Å². The summed E-state index contributed by atoms with van der Waals surface area (Å²) in [5.74, 6) is 1.23. The highest BCUT2D eigenvalue weighted by molar-refractivity contribution is 5.89. The van der Waals surface area contributed by atoms with E-state index >= 15 is 0 Å². The van der Waals surface area contributed by atoms with Crippen molar-refractivity contribution in [2.75, 3.05) is 7.11 Å². The van der Waals surface area contributed by atoms with Gasteiger partial charge in [-0.1, -0.05) is 18.2 Å². The number of hydrogen-bond donors (Lipinski definition) is 0. The fraction of sp³-hybridized carbons (Fsp3) is 0.280. The predicted octanol–water partition coefficient (Wildman–Crippen LogP) is 4.24. The second-order valence-corrected chi connectivity index (χ2v) is 8.12. The number of rotatable bonds is 5. The molecule has 2 heterocycles. The SMILES string of the molecule is COc1ccc(-c2cnc(-n3c(=O)n(C(C)=O)c4ccccc43)nc2)cc1OC1CCCC1. The second-order valence-electron chi connectivity index (χ2n) is 8.12. The third-order valence-electron chi connectivity index (χ3n) is 5.99. The van der Waals surface area contributed by atoms with Crippen molar-refractivity contribution < 1.29 is 14.3 Å². The Morgan fingerprint density at radius 1 is 0.970 bits per heavy atom. The summed E-state index contributed by atoms with van der Waals surface area (Å²) < 4.78 is 14.1. The number of ether oxygens (including phenoxy) is 2. The van der Waals surface area contributed by atoms with E-state index in [1.54, 1.807) is 43.8 Å². The van der Waals surface area contributed by atoms with E-state index in [0.717, 1.165) is 28.5 Å². The van der Waals surface area contributed by atoms with Crippen molar-refractivity contribution in [1.82, 2.24) is 19.1 Å². The lowest BCUT2D eigenvalue weighted by Gasteiger charge is -2.17. The number of carbonyl (C=O) groups is 1. The van der Waals surface area contributed by atoms with E-state index in [9.17, 15) is 9.59 Å². The lowest BCUT2D eigenvalue weighted by Crippen LogP contribution is -2.27. The Morgan fingerprint density at radius 3 is 2.33 bits per heavy atom. The Kier molecular flexibility index (Phi) is 5.42. The first-order chi connectivity index (χ1) is 16.1. The van der Waals surface area contributed by atoms with Crippen LogP contribution in [0.4, 0.5) is 0 Å². The van der Waals surface area contributed by atoms with E-state index in [1.165, 1.54) is 24.3 Å². The van der Waals surface area contributed by atoms with E-state index in [2.05, 4.69) is 9.97 Å². The number of nitrogens with zero attached hydrogens (tertiary/aromatic N) is 4. The summed E-state index contributed by atoms with van der Waals surface area (Å²) in [6, 6.07) is 12.8. The van der Waals surface area contributed by atoms with Crippen LogP contribution in [0.25, 0.3) is 28.1 Å². The molecule has 1 aliphatic carbocycles. The fourth-order valence-corrected chi connectivity index (χ4v) is 4.37. The molecule has 1 aliphatic rings. The first kappa shape index (κ1) is 20.9. The Hall–Kier alpha value is -3.94. The Bertz CT molecular complexity index is 1380. The lowest BCUT2D eigenvalue weighted by atomic mass is 10.1. The minimum atomic E-state index is -0.492. The van der Waals surface area contributed by atoms with Crippen LogP contribution in [0, 0.1) is 0 Å². The van der Waals surface area contributed by atoms with Crippen LogP contribution < -0.4 is 15.2 Å². The molecule has 2 aromatic carbocycles. The van der Waals surface area contributed by atoms with Gasteiger partial charge >= 0.3 is 5.69 Å². The Labute approximate surface area is 190 Å². The molecule has 2 aromatic heterocycles. The highest BCUT2D eigenvalue weighted by Gasteiger charge is 2.20. The van der Waals surface area contributed by atoms with Crippen molar-refractivity contribution in [3.8, 4) is 28.6 Å². The standard InChI is InChI=1S/C25H24N4O4/c1-16(30)28-20-9-5-6-10-21(20)29(25(28)31)24-26-14-18(15-27-24)17-11-12-22(32-2)23(13-17)33-19-7-3-4-8-19/h5-6,9-15,19H,3-4,7-8H2,1-2H3. The maximum absolute atomic E-state index is 13.0. The number of para-hydroxylation sites is 2. The normalized spacial score (nSPS) is 14.0. The van der Waals surface area contributed by atoms with Gasteiger partial charge in [0.2, 0.25) is 11.9 Å². The van der Waals surface area contributed by atoms with Crippen LogP contribution in [0.1, 0.15) is 37.4 Å². The van der Waals surface area contributed by atoms with Crippen LogP contribution in [0.3, 0.4) is 0 Å². The monoisotopic (exact) mass is 444 g/mol. The third-order valence-corrected chi connectivity index (χ3v) is 5.99. The number of carbonyl (C=O) groups excluding carboxylic acids is 1. The summed E-state index contributed by atoms with van der Waals surface area (Å²) in [6.45, 7) is 1.36. The zero-order valence-corrected chi connectivity index (χ0v) is 18.5. The molecule has 0 amide bonds. The van der Waals surface area contributed by atoms with Gasteiger partial charge in [-0.2, -0.15) is 0 Å². The summed E-state index contributed by atoms with van der Waals surface area (Å²) in [6.07, 6.45) is 7.99. The minimum Gasteiger partial charge on any atom is -0.493 e. The van der Waals surface area contributed by atoms with Gasteiger partial charge in [0, 0.05) is 24.9 Å². The summed E-state index contributed by atoms with van der Waals surface area (Å²) in [4.78, 5) is 33.9. The van der Waals surface area contributed by atoms with Gasteiger partial charge in [-0.3, -0.25) is 4.79 Å². The zero-order valence-electron chi connectivity index (χ0n) is 18.5. The molecule has 0 aliphatic heterocycles. The van der Waals surface area contributed by atoms with Crippen LogP contribution in [0.5, 0.6) is 11.5 Å². The van der Waals surface area contributed by atoms with E-state index in [-0.39, 0.29) is 18.0 Å². The highest BCUT2D eigenvalue weighted by Crippen LogP contribution is 2.35. The summed E-state index contributed by atoms with van der Waals surface area (Å²) in [5, 5.41) is 0. The molecule has 8 nitrogen and oxygen atoms in total. The van der Waals surface area contributed by atoms with Crippen molar-refractivity contribution in [2.24, 2.45) is 0 Å². The molecule has 0 atom stereocenters. The molecule has 1 fully saturated rings. The molecule has 0 unspecified atom stereocenters. The molecule has 1 saturated carbocycles. The van der Waals surface area contributed by atoms with Crippen LogP contribution in [-0.4, -0.2) is 38.2 Å². The smallest absolute Gasteiger partial charge is 0.343 e. The van der Waals surface area contributed by atoms with E-state index < -0.39 is 5.69 Å². The Morgan fingerprint density at radius 2 is 1.67 bits per heavy atom. The fourth-order valence-electron chi connectivity index (χ4n) is 4.37. The number of aromatic nitrogens is 4. The van der Waals surface area contributed by atoms with Crippen molar-refractivity contribution in [3.63, 3.8) is 0 Å². The van der Waals surface area contributed by atoms with Crippen molar-refractivity contribution in [3.05, 3.63) is 65.3 Å². The molecule has 0 N–H and O–H groups in total. The largest absolute Gasteiger partial charge is 0.493 e. The zero-order chi connectivity index (χ0) is 22.9. The number of imidazole rings is 1. The molecule has 0 saturated heterocycles. The van der Waals surface area contributed by atoms with Gasteiger partial charge in [-0.05, 0) is 55.5 Å². The van der Waals surface area contributed by atoms with Gasteiger partial charge in [0.1, 0.15) is 0 Å². The second kappa shape index (κ2) is 8.54. The Balaban J connectivity index is 1.52. The average Bonchev–Trinajstić information content (AvgIpc) is 3.44. The van der Waals surface area contributed by atoms with Crippen molar-refractivity contribution in [1.29, 1.82) is 0 Å². The number of hydrogen-bond acceptors (Lipinski definition) is 6. The average molecular weight is 444 g/mol. The number of benzene rings is 2. The summed E-state index contributed by atoms with van der Waals surface area (Å²) in [5.41, 5.74) is 2.26. The molecule has 5 rings (SSSR count). The maximum atomic E-state index is 13.0. The van der Waals surface area contributed by atoms with Crippen LogP contribution in [0.15, 0.2) is 59.7 Å². The van der Waals surface area contributed by atoms with E-state index in [1.807, 2.05) is 18.2 Å². The lowest BCUT2D eigenvalue weighted by molar-refractivity contribution is 0.0937. The number of methoxy groups -OCH3 is 1. The minimum absolute atomic E-state index is 0.205. The molecule has 8 heteroatoms. The molecule has 33 heavy (non-hydrogen) atoms. The topological polar surface area (TPSA) is 88.2 Å². The molecule has 4 aromatic rings. The third kappa shape index (κ3) is 3.77. The molecule has 168 valence electrons. The van der Waals surface area contributed by atoms with E-state index in [4.69, 9.17) is 9.47 Å². The molecular formula is C25H24N4O4. The predicted molar refractivity (Wildman–Crippen MR) is 124 cm³/mol. The molecule has 0 radical (unpaired) electrons. The maximum Gasteiger partial charge on any atom is 0.343 e. The molecule has 0 bridgehead atoms. The quantitative estimate of drug-likeness (QED) is 0.458. The van der Waals surface area contributed by atoms with Gasteiger partial charge in [-0.15, -0.1) is 0 Å². The first-order valence-corrected chi connectivity index (χ1v) is 11.0. The van der Waals surface area contributed by atoms with Crippen molar-refractivity contribution >= 4 is 16.9 Å². The van der Waals surface area contributed by atoms with Crippen LogP contribution >= 0.6 is 0 Å². The van der Waals surface area contributed by atoms with Gasteiger partial charge < -0.3 is 9.47 Å². The van der Waals surface area contributed by atoms with Gasteiger partial charge in [-0.25, -0.2) is 23.9 Å². The molecule has 0 spiro atoms. The van der Waals surface area contributed by atoms with Gasteiger partial charge in [0.25, 0.3) is 0 Å². The van der Waals surface area contributed by atoms with Crippen molar-refractivity contribution in [2.45, 2.75) is 38.7 Å². The summed E-state index contributed by atoms with van der Waals surface area (Å²) in [7, 11) is 1.63. The first-order valence-electron chi connectivity index (χ1n) is 11.0. The highest BCUT2D eigenvalue weighted by atomic mass is 16.5. The van der Waals surface area contributed by atoms with Gasteiger partial charge in [0.15, 0.2) is 11.5 Å². The number of fused-ring (bicyclic) bond motifs is 1. The molecular weight excluding hydrogens is 420 g/mol.